The van der Waals surface area contributed by atoms with Crippen LogP contribution in [0.15, 0.2) is 15.7 Å². The van der Waals surface area contributed by atoms with Crippen molar-refractivity contribution in [1.82, 2.24) is 4.31 Å². The predicted molar refractivity (Wildman–Crippen MR) is 72.1 cm³/mol. The third-order valence-electron chi connectivity index (χ3n) is 2.99. The number of nitrogen functional groups attached to an aromatic ring is 1. The summed E-state index contributed by atoms with van der Waals surface area (Å²) in [5.74, 6) is 0. The Kier molecular flexibility index (Phi) is 4.26. The first-order valence-corrected chi connectivity index (χ1v) is 8.24. The molecule has 0 radical (unpaired) electrons. The Morgan fingerprint density at radius 2 is 2.33 bits per heavy atom. The van der Waals surface area contributed by atoms with Crippen LogP contribution in [-0.4, -0.2) is 39.0 Å². The number of sulfonamides is 1. The zero-order valence-electron chi connectivity index (χ0n) is 10.3. The normalized spacial score (nSPS) is 21.3. The van der Waals surface area contributed by atoms with Gasteiger partial charge in [0, 0.05) is 31.3 Å². The summed E-state index contributed by atoms with van der Waals surface area (Å²) in [7, 11) is -1.84. The van der Waals surface area contributed by atoms with E-state index in [0.29, 0.717) is 16.4 Å². The summed E-state index contributed by atoms with van der Waals surface area (Å²) >= 11 is 1.15. The molecule has 7 heteroatoms. The van der Waals surface area contributed by atoms with Gasteiger partial charge in [0.1, 0.15) is 4.21 Å². The van der Waals surface area contributed by atoms with Gasteiger partial charge in [-0.3, -0.25) is 0 Å². The molecule has 0 saturated carbocycles. The molecule has 1 atom stereocenters. The average molecular weight is 290 g/mol. The molecule has 2 N–H and O–H groups in total. The lowest BCUT2D eigenvalue weighted by Crippen LogP contribution is -2.36. The van der Waals surface area contributed by atoms with Crippen LogP contribution in [0.2, 0.25) is 0 Å². The molecule has 1 aromatic heterocycles. The summed E-state index contributed by atoms with van der Waals surface area (Å²) in [6, 6.07) is 1.50. The minimum atomic E-state index is -3.43. The van der Waals surface area contributed by atoms with Crippen LogP contribution < -0.4 is 5.73 Å². The first-order chi connectivity index (χ1) is 8.50. The number of rotatable bonds is 4. The monoisotopic (exact) mass is 290 g/mol. The lowest BCUT2D eigenvalue weighted by atomic mass is 10.1. The van der Waals surface area contributed by atoms with Gasteiger partial charge in [0.05, 0.1) is 6.10 Å². The molecular weight excluding hydrogens is 272 g/mol. The smallest absolute Gasteiger partial charge is 0.252 e. The quantitative estimate of drug-likeness (QED) is 0.912. The molecule has 0 amide bonds. The molecule has 1 aliphatic heterocycles. The highest BCUT2D eigenvalue weighted by Crippen LogP contribution is 2.25. The van der Waals surface area contributed by atoms with Gasteiger partial charge in [-0.05, 0) is 25.3 Å². The Balaban J connectivity index is 2.05. The highest BCUT2D eigenvalue weighted by atomic mass is 32.2. The first kappa shape index (κ1) is 13.8. The molecule has 102 valence electrons. The molecule has 1 aliphatic rings. The molecule has 2 heterocycles. The van der Waals surface area contributed by atoms with Crippen molar-refractivity contribution in [2.45, 2.75) is 29.6 Å². The Hall–Kier alpha value is -0.630. The van der Waals surface area contributed by atoms with E-state index in [1.807, 2.05) is 0 Å². The second kappa shape index (κ2) is 5.56. The van der Waals surface area contributed by atoms with Gasteiger partial charge in [0.2, 0.25) is 0 Å². The number of thiophene rings is 1. The van der Waals surface area contributed by atoms with Crippen LogP contribution in [0, 0.1) is 0 Å². The van der Waals surface area contributed by atoms with E-state index >= 15 is 0 Å². The number of nitrogens with zero attached hydrogens (tertiary/aromatic N) is 1. The van der Waals surface area contributed by atoms with Crippen molar-refractivity contribution < 1.29 is 13.2 Å². The van der Waals surface area contributed by atoms with Gasteiger partial charge in [-0.2, -0.15) is 4.31 Å². The number of anilines is 1. The topological polar surface area (TPSA) is 72.6 Å². The fraction of sp³-hybridized carbons (Fsp3) is 0.636. The van der Waals surface area contributed by atoms with Crippen LogP contribution in [0.1, 0.15) is 19.3 Å². The highest BCUT2D eigenvalue weighted by molar-refractivity contribution is 7.91. The molecule has 5 nitrogen and oxygen atoms in total. The molecule has 0 aromatic carbocycles. The van der Waals surface area contributed by atoms with E-state index in [4.69, 9.17) is 10.5 Å². The molecule has 1 fully saturated rings. The average Bonchev–Trinajstić information content (AvgIpc) is 2.78. The third-order valence-corrected chi connectivity index (χ3v) is 6.25. The van der Waals surface area contributed by atoms with Gasteiger partial charge in [-0.15, -0.1) is 11.3 Å². The van der Waals surface area contributed by atoms with E-state index in [9.17, 15) is 8.42 Å². The van der Waals surface area contributed by atoms with Crippen molar-refractivity contribution in [3.05, 3.63) is 11.4 Å². The van der Waals surface area contributed by atoms with Crippen LogP contribution in [0.5, 0.6) is 0 Å². The molecule has 2 rings (SSSR count). The van der Waals surface area contributed by atoms with E-state index in [2.05, 4.69) is 0 Å². The minimum Gasteiger partial charge on any atom is -0.398 e. The van der Waals surface area contributed by atoms with Crippen molar-refractivity contribution in [3.8, 4) is 0 Å². The molecule has 0 aliphatic carbocycles. The van der Waals surface area contributed by atoms with Crippen molar-refractivity contribution in [2.75, 3.05) is 25.9 Å². The summed E-state index contributed by atoms with van der Waals surface area (Å²) < 4.78 is 31.7. The Bertz CT molecular complexity index is 492. The number of ether oxygens (including phenoxy) is 1. The SMILES string of the molecule is CN(CC1CCCCO1)S(=O)(=O)c1cc(N)cs1. The van der Waals surface area contributed by atoms with E-state index in [1.54, 1.807) is 12.4 Å². The lowest BCUT2D eigenvalue weighted by molar-refractivity contribution is 0.00860. The number of hydrogen-bond donors (Lipinski definition) is 1. The van der Waals surface area contributed by atoms with Crippen molar-refractivity contribution >= 4 is 27.0 Å². The number of nitrogens with two attached hydrogens (primary N) is 1. The minimum absolute atomic E-state index is 0.0100. The van der Waals surface area contributed by atoms with Crippen LogP contribution in [0.3, 0.4) is 0 Å². The Morgan fingerprint density at radius 1 is 1.56 bits per heavy atom. The van der Waals surface area contributed by atoms with Crippen LogP contribution in [0.4, 0.5) is 5.69 Å². The van der Waals surface area contributed by atoms with Gasteiger partial charge in [0.15, 0.2) is 0 Å². The third kappa shape index (κ3) is 3.03. The summed E-state index contributed by atoms with van der Waals surface area (Å²) in [5, 5.41) is 1.64. The molecule has 0 bridgehead atoms. The van der Waals surface area contributed by atoms with E-state index in [0.717, 1.165) is 37.2 Å². The van der Waals surface area contributed by atoms with E-state index in [-0.39, 0.29) is 6.10 Å². The predicted octanol–water partition coefficient (Wildman–Crippen LogP) is 1.52. The van der Waals surface area contributed by atoms with Crippen molar-refractivity contribution in [3.63, 3.8) is 0 Å². The van der Waals surface area contributed by atoms with Crippen LogP contribution >= 0.6 is 11.3 Å². The summed E-state index contributed by atoms with van der Waals surface area (Å²) in [4.78, 5) is 0. The van der Waals surface area contributed by atoms with Gasteiger partial charge in [-0.1, -0.05) is 0 Å². The fourth-order valence-corrected chi connectivity index (χ4v) is 4.45. The van der Waals surface area contributed by atoms with Gasteiger partial charge in [-0.25, -0.2) is 8.42 Å². The maximum absolute atomic E-state index is 12.2. The number of likely N-dealkylation sites (N-methyl/N-ethyl adjacent to an activating group) is 1. The van der Waals surface area contributed by atoms with Crippen molar-refractivity contribution in [1.29, 1.82) is 0 Å². The van der Waals surface area contributed by atoms with Gasteiger partial charge in [0.25, 0.3) is 10.0 Å². The zero-order chi connectivity index (χ0) is 13.2. The fourth-order valence-electron chi connectivity index (χ4n) is 1.96. The number of hydrogen-bond acceptors (Lipinski definition) is 5. The summed E-state index contributed by atoms with van der Waals surface area (Å²) in [5.41, 5.74) is 6.05. The lowest BCUT2D eigenvalue weighted by Gasteiger charge is -2.26. The molecule has 18 heavy (non-hydrogen) atoms. The van der Waals surface area contributed by atoms with Crippen molar-refractivity contribution in [2.24, 2.45) is 0 Å². The van der Waals surface area contributed by atoms with Gasteiger partial charge < -0.3 is 10.5 Å². The largest absolute Gasteiger partial charge is 0.398 e. The Morgan fingerprint density at radius 3 is 2.89 bits per heavy atom. The molecule has 1 saturated heterocycles. The maximum Gasteiger partial charge on any atom is 0.252 e. The second-order valence-corrected chi connectivity index (χ2v) is 7.66. The molecule has 1 unspecified atom stereocenters. The summed E-state index contributed by atoms with van der Waals surface area (Å²) in [6.45, 7) is 1.13. The maximum atomic E-state index is 12.2. The molecule has 1 aromatic rings. The van der Waals surface area contributed by atoms with Gasteiger partial charge >= 0.3 is 0 Å². The van der Waals surface area contributed by atoms with Crippen LogP contribution in [-0.2, 0) is 14.8 Å². The van der Waals surface area contributed by atoms with E-state index < -0.39 is 10.0 Å². The molecular formula is C11H18N2O3S2. The summed E-state index contributed by atoms with van der Waals surface area (Å²) in [6.07, 6.45) is 3.10. The first-order valence-electron chi connectivity index (χ1n) is 5.92. The van der Waals surface area contributed by atoms with E-state index in [1.165, 1.54) is 10.4 Å². The highest BCUT2D eigenvalue weighted by Gasteiger charge is 2.26. The standard InChI is InChI=1S/C11H18N2O3S2/c1-13(7-10-4-2-3-5-16-10)18(14,15)11-6-9(12)8-17-11/h6,8,10H,2-5,7,12H2,1H3. The molecule has 0 spiro atoms. The van der Waals surface area contributed by atoms with Crippen LogP contribution in [0.25, 0.3) is 0 Å². The Labute approximate surface area is 112 Å². The second-order valence-electron chi connectivity index (χ2n) is 4.47. The zero-order valence-corrected chi connectivity index (χ0v) is 12.0.